The number of benzene rings is 1. The van der Waals surface area contributed by atoms with Crippen molar-refractivity contribution in [2.45, 2.75) is 26.3 Å². The van der Waals surface area contributed by atoms with Crippen LogP contribution in [0, 0.1) is 0 Å². The SMILES string of the molecule is COc1cc(C(C)C)cc(CN=C=O)c1O. The number of hydrogen-bond acceptors (Lipinski definition) is 4. The first kappa shape index (κ1) is 12.3. The Balaban J connectivity index is 3.23. The van der Waals surface area contributed by atoms with Crippen LogP contribution in [0.3, 0.4) is 0 Å². The average molecular weight is 221 g/mol. The maximum Gasteiger partial charge on any atom is 0.235 e. The lowest BCUT2D eigenvalue weighted by Gasteiger charge is -2.12. The maximum absolute atomic E-state index is 10.1. The minimum absolute atomic E-state index is 0.0332. The minimum Gasteiger partial charge on any atom is -0.504 e. The highest BCUT2D eigenvalue weighted by atomic mass is 16.5. The lowest BCUT2D eigenvalue weighted by molar-refractivity contribution is 0.370. The van der Waals surface area contributed by atoms with E-state index >= 15 is 0 Å². The van der Waals surface area contributed by atoms with Gasteiger partial charge in [0.15, 0.2) is 11.5 Å². The summed E-state index contributed by atoms with van der Waals surface area (Å²) in [4.78, 5) is 13.5. The highest BCUT2D eigenvalue weighted by Crippen LogP contribution is 2.34. The van der Waals surface area contributed by atoms with E-state index in [2.05, 4.69) is 4.99 Å². The first-order valence-corrected chi connectivity index (χ1v) is 5.03. The zero-order chi connectivity index (χ0) is 12.1. The smallest absolute Gasteiger partial charge is 0.235 e. The van der Waals surface area contributed by atoms with Gasteiger partial charge in [0.1, 0.15) is 0 Å². The average Bonchev–Trinajstić information content (AvgIpc) is 2.27. The summed E-state index contributed by atoms with van der Waals surface area (Å²) < 4.78 is 5.07. The quantitative estimate of drug-likeness (QED) is 0.627. The summed E-state index contributed by atoms with van der Waals surface area (Å²) in [5.41, 5.74) is 1.61. The molecule has 0 saturated heterocycles. The number of hydrogen-bond donors (Lipinski definition) is 1. The molecule has 0 heterocycles. The topological polar surface area (TPSA) is 58.9 Å². The Kier molecular flexibility index (Phi) is 4.09. The van der Waals surface area contributed by atoms with Gasteiger partial charge in [0.05, 0.1) is 13.7 Å². The molecule has 0 fully saturated rings. The lowest BCUT2D eigenvalue weighted by Crippen LogP contribution is -1.95. The molecule has 0 amide bonds. The van der Waals surface area contributed by atoms with Crippen LogP contribution in [0.1, 0.15) is 30.9 Å². The van der Waals surface area contributed by atoms with E-state index in [4.69, 9.17) is 4.74 Å². The minimum atomic E-state index is 0.0332. The van der Waals surface area contributed by atoms with Gasteiger partial charge < -0.3 is 9.84 Å². The largest absolute Gasteiger partial charge is 0.504 e. The van der Waals surface area contributed by atoms with Gasteiger partial charge in [-0.1, -0.05) is 13.8 Å². The molecule has 0 aliphatic heterocycles. The molecular weight excluding hydrogens is 206 g/mol. The second kappa shape index (κ2) is 5.33. The van der Waals surface area contributed by atoms with Gasteiger partial charge in [0.2, 0.25) is 6.08 Å². The Morgan fingerprint density at radius 3 is 2.69 bits per heavy atom. The molecule has 4 heteroatoms. The van der Waals surface area contributed by atoms with Gasteiger partial charge in [-0.05, 0) is 23.6 Å². The van der Waals surface area contributed by atoms with Crippen molar-refractivity contribution in [3.8, 4) is 11.5 Å². The molecule has 0 bridgehead atoms. The molecule has 1 aromatic rings. The molecule has 0 aliphatic carbocycles. The number of methoxy groups -OCH3 is 1. The summed E-state index contributed by atoms with van der Waals surface area (Å²) in [6.45, 7) is 4.20. The molecule has 86 valence electrons. The predicted octanol–water partition coefficient (Wildman–Crippen LogP) is 2.36. The number of rotatable bonds is 4. The van der Waals surface area contributed by atoms with Crippen LogP contribution < -0.4 is 4.74 Å². The summed E-state index contributed by atoms with van der Waals surface area (Å²) in [6.07, 6.45) is 1.45. The summed E-state index contributed by atoms with van der Waals surface area (Å²) in [6, 6.07) is 3.61. The third-order valence-electron chi connectivity index (χ3n) is 2.38. The number of nitrogens with zero attached hydrogens (tertiary/aromatic N) is 1. The van der Waals surface area contributed by atoms with E-state index in [9.17, 15) is 9.90 Å². The standard InChI is InChI=1S/C12H15NO3/c1-8(2)9-4-10(6-13-7-14)12(15)11(5-9)16-3/h4-5,8,15H,6H2,1-3H3. The van der Waals surface area contributed by atoms with Crippen molar-refractivity contribution in [3.05, 3.63) is 23.3 Å². The number of carbonyl (C=O) groups excluding carboxylic acids is 1. The Morgan fingerprint density at radius 2 is 2.19 bits per heavy atom. The fourth-order valence-electron chi connectivity index (χ4n) is 1.42. The first-order valence-electron chi connectivity index (χ1n) is 5.03. The van der Waals surface area contributed by atoms with Crippen molar-refractivity contribution in [3.63, 3.8) is 0 Å². The van der Waals surface area contributed by atoms with Crippen molar-refractivity contribution >= 4 is 6.08 Å². The van der Waals surface area contributed by atoms with Crippen LogP contribution >= 0.6 is 0 Å². The number of isocyanates is 1. The van der Waals surface area contributed by atoms with E-state index in [1.54, 1.807) is 6.07 Å². The summed E-state index contributed by atoms with van der Waals surface area (Å²) >= 11 is 0. The highest BCUT2D eigenvalue weighted by Gasteiger charge is 2.11. The van der Waals surface area contributed by atoms with Crippen molar-refractivity contribution in [1.82, 2.24) is 0 Å². The predicted molar refractivity (Wildman–Crippen MR) is 60.6 cm³/mol. The Morgan fingerprint density at radius 1 is 1.50 bits per heavy atom. The molecule has 0 spiro atoms. The van der Waals surface area contributed by atoms with Gasteiger partial charge in [0, 0.05) is 5.56 Å². The van der Waals surface area contributed by atoms with Crippen LogP contribution in [0.2, 0.25) is 0 Å². The van der Waals surface area contributed by atoms with Gasteiger partial charge in [-0.25, -0.2) is 9.79 Å². The van der Waals surface area contributed by atoms with Crippen LogP contribution in [0.5, 0.6) is 11.5 Å². The van der Waals surface area contributed by atoms with E-state index in [-0.39, 0.29) is 12.3 Å². The molecule has 0 aliphatic rings. The molecule has 0 saturated carbocycles. The van der Waals surface area contributed by atoms with Crippen LogP contribution in [-0.2, 0) is 11.3 Å². The molecule has 16 heavy (non-hydrogen) atoms. The normalized spacial score (nSPS) is 10.0. The molecule has 0 unspecified atom stereocenters. The molecule has 1 N–H and O–H groups in total. The number of ether oxygens (including phenoxy) is 1. The molecule has 1 aromatic carbocycles. The molecule has 0 radical (unpaired) electrons. The van der Waals surface area contributed by atoms with Crippen molar-refractivity contribution < 1.29 is 14.6 Å². The van der Waals surface area contributed by atoms with E-state index in [0.717, 1.165) is 5.56 Å². The number of aromatic hydroxyl groups is 1. The van der Waals surface area contributed by atoms with Crippen LogP contribution in [0.4, 0.5) is 0 Å². The highest BCUT2D eigenvalue weighted by molar-refractivity contribution is 5.49. The lowest BCUT2D eigenvalue weighted by atomic mass is 9.99. The van der Waals surface area contributed by atoms with Crippen LogP contribution in [0.15, 0.2) is 17.1 Å². The van der Waals surface area contributed by atoms with E-state index in [0.29, 0.717) is 17.2 Å². The number of phenols is 1. The second-order valence-corrected chi connectivity index (χ2v) is 3.79. The monoisotopic (exact) mass is 221 g/mol. The Labute approximate surface area is 94.6 Å². The van der Waals surface area contributed by atoms with Crippen molar-refractivity contribution in [1.29, 1.82) is 0 Å². The zero-order valence-electron chi connectivity index (χ0n) is 9.65. The van der Waals surface area contributed by atoms with Crippen LogP contribution in [0.25, 0.3) is 0 Å². The third kappa shape index (κ3) is 2.61. The molecular formula is C12H15NO3. The van der Waals surface area contributed by atoms with E-state index < -0.39 is 0 Å². The fraction of sp³-hybridized carbons (Fsp3) is 0.417. The van der Waals surface area contributed by atoms with Crippen molar-refractivity contribution in [2.75, 3.05) is 7.11 Å². The van der Waals surface area contributed by atoms with Crippen molar-refractivity contribution in [2.24, 2.45) is 4.99 Å². The molecule has 4 nitrogen and oxygen atoms in total. The molecule has 0 aromatic heterocycles. The van der Waals surface area contributed by atoms with Gasteiger partial charge in [-0.2, -0.15) is 0 Å². The Hall–Kier alpha value is -1.80. The third-order valence-corrected chi connectivity index (χ3v) is 2.38. The zero-order valence-corrected chi connectivity index (χ0v) is 9.65. The Bertz CT molecular complexity index is 421. The molecule has 0 atom stereocenters. The summed E-state index contributed by atoms with van der Waals surface area (Å²) in [7, 11) is 1.49. The van der Waals surface area contributed by atoms with Gasteiger partial charge >= 0.3 is 0 Å². The van der Waals surface area contributed by atoms with E-state index in [1.807, 2.05) is 19.9 Å². The van der Waals surface area contributed by atoms with E-state index in [1.165, 1.54) is 13.2 Å². The maximum atomic E-state index is 10.1. The van der Waals surface area contributed by atoms with Gasteiger partial charge in [-0.3, -0.25) is 0 Å². The fourth-order valence-corrected chi connectivity index (χ4v) is 1.42. The van der Waals surface area contributed by atoms with Gasteiger partial charge in [-0.15, -0.1) is 0 Å². The first-order chi connectivity index (χ1) is 7.60. The van der Waals surface area contributed by atoms with Gasteiger partial charge in [0.25, 0.3) is 0 Å². The molecule has 1 rings (SSSR count). The van der Waals surface area contributed by atoms with Crippen LogP contribution in [-0.4, -0.2) is 18.3 Å². The number of phenolic OH excluding ortho intramolecular Hbond substituents is 1. The second-order valence-electron chi connectivity index (χ2n) is 3.79. The number of aliphatic imine (C=N–C) groups is 1. The summed E-state index contributed by atoms with van der Waals surface area (Å²) in [5, 5.41) is 9.81. The summed E-state index contributed by atoms with van der Waals surface area (Å²) in [5.74, 6) is 0.752.